The summed E-state index contributed by atoms with van der Waals surface area (Å²) >= 11 is 0. The highest BCUT2D eigenvalue weighted by molar-refractivity contribution is 7.03. The number of fused-ring (bicyclic) bond motifs is 9. The van der Waals surface area contributed by atoms with Crippen LogP contribution in [0.5, 0.6) is 0 Å². The highest BCUT2D eigenvalue weighted by Crippen LogP contribution is 2.40. The Labute approximate surface area is 377 Å². The Kier molecular flexibility index (Phi) is 8.29. The lowest BCUT2D eigenvalue weighted by molar-refractivity contribution is 1.07. The average molecular weight is 848 g/mol. The minimum absolute atomic E-state index is 0.629. The number of rotatable bonds is 6. The first kappa shape index (κ1) is 37.4. The maximum absolute atomic E-state index is 5.43. The van der Waals surface area contributed by atoms with E-state index in [0.717, 1.165) is 50.2 Å². The van der Waals surface area contributed by atoms with Gasteiger partial charge in [-0.25, -0.2) is 15.0 Å². The second kappa shape index (κ2) is 14.4. The molecule has 0 atom stereocenters. The summed E-state index contributed by atoms with van der Waals surface area (Å²) in [5.41, 5.74) is 14.5. The van der Waals surface area contributed by atoms with Crippen molar-refractivity contribution in [2.24, 2.45) is 0 Å². The average Bonchev–Trinajstić information content (AvgIpc) is 3.96. The van der Waals surface area contributed by atoms with Crippen LogP contribution in [-0.4, -0.2) is 32.2 Å². The molecule has 1 aliphatic heterocycles. The highest BCUT2D eigenvalue weighted by atomic mass is 28.3. The molecule has 13 rings (SSSR count). The Morgan fingerprint density at radius 2 is 0.785 bits per heavy atom. The van der Waals surface area contributed by atoms with Crippen LogP contribution in [0.3, 0.4) is 0 Å². The van der Waals surface area contributed by atoms with E-state index in [2.05, 4.69) is 216 Å². The van der Waals surface area contributed by atoms with Crippen LogP contribution < -0.4 is 10.4 Å². The maximum Gasteiger partial charge on any atom is 0.164 e. The van der Waals surface area contributed by atoms with Crippen molar-refractivity contribution in [1.29, 1.82) is 0 Å². The van der Waals surface area contributed by atoms with Gasteiger partial charge in [0.15, 0.2) is 17.5 Å². The topological polar surface area (TPSA) is 48.5 Å². The molecule has 6 heteroatoms. The lowest BCUT2D eigenvalue weighted by Gasteiger charge is -2.19. The second-order valence-electron chi connectivity index (χ2n) is 17.6. The van der Waals surface area contributed by atoms with Gasteiger partial charge in [0.05, 0.1) is 22.1 Å². The van der Waals surface area contributed by atoms with E-state index < -0.39 is 8.07 Å². The van der Waals surface area contributed by atoms with Crippen LogP contribution in [0.2, 0.25) is 13.1 Å². The summed E-state index contributed by atoms with van der Waals surface area (Å²) < 4.78 is 4.79. The predicted octanol–water partition coefficient (Wildman–Crippen LogP) is 13.5. The van der Waals surface area contributed by atoms with E-state index in [0.29, 0.717) is 17.5 Å². The third-order valence-corrected chi connectivity index (χ3v) is 17.1. The second-order valence-corrected chi connectivity index (χ2v) is 22.0. The van der Waals surface area contributed by atoms with Gasteiger partial charge in [-0.2, -0.15) is 0 Å². The van der Waals surface area contributed by atoms with Crippen molar-refractivity contribution in [3.8, 4) is 67.8 Å². The van der Waals surface area contributed by atoms with Crippen LogP contribution in [0, 0.1) is 0 Å². The van der Waals surface area contributed by atoms with Crippen molar-refractivity contribution < 1.29 is 0 Å². The molecule has 0 amide bonds. The smallest absolute Gasteiger partial charge is 0.164 e. The molecule has 0 fully saturated rings. The first-order chi connectivity index (χ1) is 32.0. The van der Waals surface area contributed by atoms with Crippen LogP contribution >= 0.6 is 0 Å². The van der Waals surface area contributed by atoms with Crippen LogP contribution in [0.1, 0.15) is 0 Å². The number of aromatic nitrogens is 5. The quantitative estimate of drug-likeness (QED) is 0.157. The first-order valence-electron chi connectivity index (χ1n) is 22.3. The molecule has 0 bridgehead atoms. The van der Waals surface area contributed by atoms with Crippen molar-refractivity contribution in [1.82, 2.24) is 24.1 Å². The zero-order chi connectivity index (χ0) is 43.2. The molecule has 3 aromatic heterocycles. The molecule has 1 aliphatic rings. The Morgan fingerprint density at radius 1 is 0.308 bits per heavy atom. The van der Waals surface area contributed by atoms with Gasteiger partial charge in [0.2, 0.25) is 0 Å². The SMILES string of the molecule is C[Si]1(C)c2ccccc2-c2ccc(-c3nc(-c4ccccc4)nc(-c4cc(-n5c6ccccc6c6cc(-n7c8ccccc8c8ccccc87)ccc65)ccc4-c4ccccc4)n3)cc21. The molecule has 0 saturated carbocycles. The largest absolute Gasteiger partial charge is 0.309 e. The molecule has 0 unspecified atom stereocenters. The van der Waals surface area contributed by atoms with E-state index in [1.165, 1.54) is 54.1 Å². The fraction of sp³-hybridized carbons (Fsp3) is 0.0339. The highest BCUT2D eigenvalue weighted by Gasteiger charge is 2.37. The van der Waals surface area contributed by atoms with Crippen molar-refractivity contribution >= 4 is 62.1 Å². The van der Waals surface area contributed by atoms with Crippen LogP contribution in [0.15, 0.2) is 212 Å². The standard InChI is InChI=1S/C59H41N5Si/c1-65(2)55-28-16-12-24-47(55)48-32-29-40(35-56(48)65)58-60-57(39-19-7-4-8-20-39)61-59(62-58)50-37-41(30-33-43(50)38-17-5-3-6-18-38)64-53-27-15-11-23-46(53)49-36-42(31-34-54(49)64)63-51-25-13-9-21-44(51)45-22-10-14-26-52(45)63/h3-37H,1-2H3. The van der Waals surface area contributed by atoms with E-state index >= 15 is 0 Å². The van der Waals surface area contributed by atoms with E-state index in [4.69, 9.17) is 15.0 Å². The van der Waals surface area contributed by atoms with Gasteiger partial charge in [0, 0.05) is 49.6 Å². The summed E-state index contributed by atoms with van der Waals surface area (Å²) in [5.74, 6) is 1.94. The predicted molar refractivity (Wildman–Crippen MR) is 272 cm³/mol. The van der Waals surface area contributed by atoms with Gasteiger partial charge in [-0.1, -0.05) is 177 Å². The van der Waals surface area contributed by atoms with E-state index in [1.807, 2.05) is 18.2 Å². The summed E-state index contributed by atoms with van der Waals surface area (Å²) in [5, 5.41) is 7.78. The maximum atomic E-state index is 5.43. The zero-order valence-corrected chi connectivity index (χ0v) is 36.9. The summed E-state index contributed by atoms with van der Waals surface area (Å²) in [7, 11) is -1.96. The fourth-order valence-electron chi connectivity index (χ4n) is 10.5. The van der Waals surface area contributed by atoms with Gasteiger partial charge >= 0.3 is 0 Å². The third kappa shape index (κ3) is 5.81. The lowest BCUT2D eigenvalue weighted by atomic mass is 9.98. The van der Waals surface area contributed by atoms with Crippen molar-refractivity contribution in [3.05, 3.63) is 212 Å². The molecule has 12 aromatic rings. The normalized spacial score (nSPS) is 12.9. The van der Waals surface area contributed by atoms with Gasteiger partial charge < -0.3 is 9.13 Å². The van der Waals surface area contributed by atoms with Crippen molar-refractivity contribution in [2.45, 2.75) is 13.1 Å². The van der Waals surface area contributed by atoms with Gasteiger partial charge in [0.25, 0.3) is 0 Å². The number of para-hydroxylation sites is 3. The molecule has 0 spiro atoms. The van der Waals surface area contributed by atoms with Crippen LogP contribution in [-0.2, 0) is 0 Å². The number of benzene rings is 9. The molecule has 9 aromatic carbocycles. The van der Waals surface area contributed by atoms with Gasteiger partial charge in [-0.15, -0.1) is 0 Å². The molecule has 0 radical (unpaired) electrons. The van der Waals surface area contributed by atoms with Gasteiger partial charge in [-0.05, 0) is 81.2 Å². The Bertz CT molecular complexity index is 3810. The van der Waals surface area contributed by atoms with Crippen LogP contribution in [0.4, 0.5) is 0 Å². The molecule has 4 heterocycles. The number of hydrogen-bond donors (Lipinski definition) is 0. The molecule has 0 aliphatic carbocycles. The summed E-state index contributed by atoms with van der Waals surface area (Å²) in [6.07, 6.45) is 0. The fourth-order valence-corrected chi connectivity index (χ4v) is 13.6. The van der Waals surface area contributed by atoms with E-state index in [1.54, 1.807) is 0 Å². The minimum Gasteiger partial charge on any atom is -0.309 e. The lowest BCUT2D eigenvalue weighted by Crippen LogP contribution is -2.49. The molecule has 65 heavy (non-hydrogen) atoms. The molecule has 5 nitrogen and oxygen atoms in total. The molecule has 0 saturated heterocycles. The van der Waals surface area contributed by atoms with E-state index in [-0.39, 0.29) is 0 Å². The van der Waals surface area contributed by atoms with Gasteiger partial charge in [-0.3, -0.25) is 0 Å². The minimum atomic E-state index is -1.96. The first-order valence-corrected chi connectivity index (χ1v) is 25.3. The summed E-state index contributed by atoms with van der Waals surface area (Å²) in [6.45, 7) is 4.90. The monoisotopic (exact) mass is 847 g/mol. The van der Waals surface area contributed by atoms with Gasteiger partial charge in [0.1, 0.15) is 8.07 Å². The Morgan fingerprint density at radius 3 is 1.46 bits per heavy atom. The summed E-state index contributed by atoms with van der Waals surface area (Å²) in [6, 6.07) is 76.4. The molecule has 306 valence electrons. The Balaban J connectivity index is 1.03. The Hall–Kier alpha value is -8.19. The third-order valence-electron chi connectivity index (χ3n) is 13.6. The number of nitrogens with zero attached hydrogens (tertiary/aromatic N) is 5. The molecular weight excluding hydrogens is 807 g/mol. The van der Waals surface area contributed by atoms with Crippen LogP contribution in [0.25, 0.3) is 111 Å². The number of hydrogen-bond acceptors (Lipinski definition) is 3. The molecular formula is C59H41N5Si. The zero-order valence-electron chi connectivity index (χ0n) is 35.9. The molecule has 0 N–H and O–H groups in total. The summed E-state index contributed by atoms with van der Waals surface area (Å²) in [4.78, 5) is 16.0. The van der Waals surface area contributed by atoms with Crippen molar-refractivity contribution in [2.75, 3.05) is 0 Å². The van der Waals surface area contributed by atoms with E-state index in [9.17, 15) is 0 Å². The van der Waals surface area contributed by atoms with Crippen molar-refractivity contribution in [3.63, 3.8) is 0 Å².